The van der Waals surface area contributed by atoms with Gasteiger partial charge in [-0.3, -0.25) is 0 Å². The fraction of sp³-hybridized carbons (Fsp3) is 0.120. The van der Waals surface area contributed by atoms with Crippen molar-refractivity contribution >= 4 is 60.7 Å². The number of nitrogens with zero attached hydrogens (tertiary/aromatic N) is 3. The van der Waals surface area contributed by atoms with Crippen LogP contribution in [0.4, 0.5) is 17.1 Å². The second-order valence-corrected chi connectivity index (χ2v) is 22.0. The molecule has 0 spiro atoms. The SMILES string of the molecule is CCc1ccc(CCCc2ccc(-c3ccc4c5cc6c(cc5n(-c5ccccc5)c4c3)c3cc(-c4ccccc4)ccc3n6-c3ccc(-c4ccc(N(c5ccccc5)c5ccc(C(C)(C)C)cc5)cc4)cc3)cc2)cc1. The number of fused-ring (bicyclic) bond motifs is 6. The zero-order chi connectivity index (χ0) is 52.7. The van der Waals surface area contributed by atoms with Crippen molar-refractivity contribution in [2.24, 2.45) is 0 Å². The normalized spacial score (nSPS) is 11.8. The first-order chi connectivity index (χ1) is 38.2. The summed E-state index contributed by atoms with van der Waals surface area (Å²) in [6, 6.07) is 96.8. The van der Waals surface area contributed by atoms with Gasteiger partial charge in [-0.1, -0.05) is 198 Å². The minimum absolute atomic E-state index is 0.0834. The van der Waals surface area contributed by atoms with Gasteiger partial charge in [-0.15, -0.1) is 0 Å². The monoisotopic (exact) mass is 1010 g/mol. The van der Waals surface area contributed by atoms with Crippen molar-refractivity contribution in [3.05, 3.63) is 283 Å². The van der Waals surface area contributed by atoms with E-state index in [2.05, 4.69) is 303 Å². The molecule has 0 bridgehead atoms. The highest BCUT2D eigenvalue weighted by molar-refractivity contribution is 6.19. The predicted octanol–water partition coefficient (Wildman–Crippen LogP) is 20.4. The molecule has 2 aromatic heterocycles. The molecule has 2 heterocycles. The van der Waals surface area contributed by atoms with Gasteiger partial charge in [-0.05, 0) is 178 Å². The van der Waals surface area contributed by atoms with E-state index in [-0.39, 0.29) is 5.41 Å². The minimum Gasteiger partial charge on any atom is -0.311 e. The van der Waals surface area contributed by atoms with Crippen molar-refractivity contribution in [1.82, 2.24) is 9.13 Å². The number of aryl methyl sites for hydroxylation is 3. The van der Waals surface area contributed by atoms with Crippen LogP contribution in [0.1, 0.15) is 56.4 Å². The van der Waals surface area contributed by atoms with E-state index in [9.17, 15) is 0 Å². The van der Waals surface area contributed by atoms with Crippen LogP contribution >= 0.6 is 0 Å². The summed E-state index contributed by atoms with van der Waals surface area (Å²) in [5.41, 5.74) is 23.2. The van der Waals surface area contributed by atoms with Gasteiger partial charge in [-0.2, -0.15) is 0 Å². The molecule has 3 nitrogen and oxygen atoms in total. The summed E-state index contributed by atoms with van der Waals surface area (Å²) in [5.74, 6) is 0. The number of para-hydroxylation sites is 2. The van der Waals surface area contributed by atoms with E-state index in [4.69, 9.17) is 0 Å². The predicted molar refractivity (Wildman–Crippen MR) is 333 cm³/mol. The van der Waals surface area contributed by atoms with Crippen molar-refractivity contribution in [3.8, 4) is 44.8 Å². The summed E-state index contributed by atoms with van der Waals surface area (Å²) in [6.45, 7) is 9.01. The van der Waals surface area contributed by atoms with Crippen molar-refractivity contribution < 1.29 is 0 Å². The van der Waals surface area contributed by atoms with E-state index in [1.807, 2.05) is 0 Å². The Bertz CT molecular complexity index is 4220. The van der Waals surface area contributed by atoms with Crippen LogP contribution in [0.15, 0.2) is 261 Å². The molecule has 0 amide bonds. The number of anilines is 3. The second-order valence-electron chi connectivity index (χ2n) is 22.0. The highest BCUT2D eigenvalue weighted by Crippen LogP contribution is 2.43. The molecule has 0 saturated heterocycles. The van der Waals surface area contributed by atoms with Crippen molar-refractivity contribution in [3.63, 3.8) is 0 Å². The van der Waals surface area contributed by atoms with Gasteiger partial charge in [0.25, 0.3) is 0 Å². The van der Waals surface area contributed by atoms with Crippen LogP contribution in [-0.4, -0.2) is 9.13 Å². The Balaban J connectivity index is 0.881. The molecule has 0 atom stereocenters. The van der Waals surface area contributed by atoms with Crippen LogP contribution in [0.3, 0.4) is 0 Å². The molecule has 378 valence electrons. The first-order valence-corrected chi connectivity index (χ1v) is 27.7. The van der Waals surface area contributed by atoms with Crippen LogP contribution in [-0.2, 0) is 24.7 Å². The Morgan fingerprint density at radius 2 is 0.731 bits per heavy atom. The average Bonchev–Trinajstić information content (AvgIpc) is 4.18. The van der Waals surface area contributed by atoms with Crippen molar-refractivity contribution in [2.75, 3.05) is 4.90 Å². The molecule has 11 aromatic carbocycles. The van der Waals surface area contributed by atoms with E-state index in [1.54, 1.807) is 0 Å². The first-order valence-electron chi connectivity index (χ1n) is 27.7. The van der Waals surface area contributed by atoms with Gasteiger partial charge in [0.2, 0.25) is 0 Å². The molecular weight excluding hydrogens is 943 g/mol. The van der Waals surface area contributed by atoms with E-state index < -0.39 is 0 Å². The molecular formula is C75H63N3. The summed E-state index contributed by atoms with van der Waals surface area (Å²) in [6.07, 6.45) is 4.38. The smallest absolute Gasteiger partial charge is 0.0548 e. The molecule has 0 aliphatic heterocycles. The molecule has 0 radical (unpaired) electrons. The fourth-order valence-corrected chi connectivity index (χ4v) is 11.7. The number of benzene rings is 11. The summed E-state index contributed by atoms with van der Waals surface area (Å²) in [5, 5.41) is 4.91. The van der Waals surface area contributed by atoms with Crippen LogP contribution in [0, 0.1) is 0 Å². The van der Waals surface area contributed by atoms with E-state index in [1.165, 1.54) is 99.2 Å². The molecule has 13 rings (SSSR count). The fourth-order valence-electron chi connectivity index (χ4n) is 11.7. The second kappa shape index (κ2) is 20.4. The van der Waals surface area contributed by atoms with Gasteiger partial charge in [0.15, 0.2) is 0 Å². The van der Waals surface area contributed by atoms with Crippen LogP contribution in [0.25, 0.3) is 88.4 Å². The molecule has 3 heteroatoms. The van der Waals surface area contributed by atoms with E-state index >= 15 is 0 Å². The lowest BCUT2D eigenvalue weighted by molar-refractivity contribution is 0.590. The standard InChI is InChI=1S/C75H63N3/c1-5-52-24-26-53(27-25-52)16-15-17-54-28-30-58(31-29-54)60-36-46-67-69-50-74-70(51-73(69)78(72(67)49-60)63-22-13-8-14-23-63)68-48-59(55-18-9-6-10-19-55)37-47-71(68)77(74)66-42-34-57(35-43-66)56-32-40-64(41-33-56)76(62-20-11-7-12-21-62)65-44-38-61(39-45-65)75(2,3)4/h6-14,18-51H,5,15-17H2,1-4H3. The van der Waals surface area contributed by atoms with Gasteiger partial charge in [-0.25, -0.2) is 0 Å². The van der Waals surface area contributed by atoms with Crippen LogP contribution in [0.5, 0.6) is 0 Å². The molecule has 13 aromatic rings. The highest BCUT2D eigenvalue weighted by Gasteiger charge is 2.21. The molecule has 78 heavy (non-hydrogen) atoms. The Morgan fingerprint density at radius 1 is 0.321 bits per heavy atom. The van der Waals surface area contributed by atoms with Crippen LogP contribution in [0.2, 0.25) is 0 Å². The molecule has 0 saturated carbocycles. The summed E-state index contributed by atoms with van der Waals surface area (Å²) >= 11 is 0. The highest BCUT2D eigenvalue weighted by atomic mass is 15.1. The van der Waals surface area contributed by atoms with Crippen molar-refractivity contribution in [2.45, 2.75) is 58.8 Å². The zero-order valence-corrected chi connectivity index (χ0v) is 45.0. The lowest BCUT2D eigenvalue weighted by Crippen LogP contribution is -2.13. The van der Waals surface area contributed by atoms with Gasteiger partial charge in [0.05, 0.1) is 22.1 Å². The quantitative estimate of drug-likeness (QED) is 0.112. The average molecular weight is 1010 g/mol. The van der Waals surface area contributed by atoms with Crippen LogP contribution < -0.4 is 4.90 Å². The molecule has 0 unspecified atom stereocenters. The van der Waals surface area contributed by atoms with Gasteiger partial charge < -0.3 is 14.0 Å². The van der Waals surface area contributed by atoms with Crippen molar-refractivity contribution in [1.29, 1.82) is 0 Å². The maximum atomic E-state index is 2.47. The topological polar surface area (TPSA) is 13.1 Å². The maximum absolute atomic E-state index is 2.47. The Kier molecular flexibility index (Phi) is 12.7. The number of hydrogen-bond acceptors (Lipinski definition) is 1. The number of aromatic nitrogens is 2. The Morgan fingerprint density at radius 3 is 1.35 bits per heavy atom. The first kappa shape index (κ1) is 48.5. The van der Waals surface area contributed by atoms with E-state index in [0.717, 1.165) is 54.1 Å². The third-order valence-electron chi connectivity index (χ3n) is 16.0. The summed E-state index contributed by atoms with van der Waals surface area (Å²) < 4.78 is 4.94. The molecule has 0 aliphatic rings. The van der Waals surface area contributed by atoms with Gasteiger partial charge >= 0.3 is 0 Å². The summed E-state index contributed by atoms with van der Waals surface area (Å²) in [4.78, 5) is 2.34. The lowest BCUT2D eigenvalue weighted by atomic mass is 9.87. The molecule has 0 fully saturated rings. The maximum Gasteiger partial charge on any atom is 0.0548 e. The molecule has 0 N–H and O–H groups in total. The zero-order valence-electron chi connectivity index (χ0n) is 45.0. The van der Waals surface area contributed by atoms with E-state index in [0.29, 0.717) is 0 Å². The minimum atomic E-state index is 0.0834. The van der Waals surface area contributed by atoms with Gasteiger partial charge in [0.1, 0.15) is 0 Å². The number of hydrogen-bond donors (Lipinski definition) is 0. The molecule has 0 aliphatic carbocycles. The summed E-state index contributed by atoms with van der Waals surface area (Å²) in [7, 11) is 0. The Labute approximate surface area is 458 Å². The van der Waals surface area contributed by atoms with Gasteiger partial charge in [0, 0.05) is 50.0 Å². The largest absolute Gasteiger partial charge is 0.311 e. The third kappa shape index (κ3) is 9.26. The lowest BCUT2D eigenvalue weighted by Gasteiger charge is -2.27. The number of rotatable bonds is 13. The third-order valence-corrected chi connectivity index (χ3v) is 16.0. The Hall–Kier alpha value is -9.18.